The molecule has 0 fully saturated rings. The van der Waals surface area contributed by atoms with Crippen molar-refractivity contribution in [2.45, 2.75) is 39.3 Å². The number of hydrogen-bond acceptors (Lipinski definition) is 5. The Bertz CT molecular complexity index is 329. The third-order valence-corrected chi connectivity index (χ3v) is 1.78. The summed E-state index contributed by atoms with van der Waals surface area (Å²) in [5, 5.41) is 6.44. The maximum absolute atomic E-state index is 5.66. The lowest BCUT2D eigenvalue weighted by atomic mass is 10.1. The van der Waals surface area contributed by atoms with E-state index in [1.165, 1.54) is 6.33 Å². The van der Waals surface area contributed by atoms with Crippen LogP contribution in [-0.2, 0) is 0 Å². The van der Waals surface area contributed by atoms with Crippen molar-refractivity contribution >= 4 is 11.6 Å². The van der Waals surface area contributed by atoms with E-state index in [0.717, 1.165) is 11.6 Å². The number of anilines is 2. The van der Waals surface area contributed by atoms with Crippen LogP contribution in [0.25, 0.3) is 0 Å². The summed E-state index contributed by atoms with van der Waals surface area (Å²) < 4.78 is 0. The number of rotatable bonds is 4. The maximum Gasteiger partial charge on any atom is 0.131 e. The largest absolute Gasteiger partial charge is 0.368 e. The molecule has 1 rings (SSSR count). The minimum atomic E-state index is -0.00716. The van der Waals surface area contributed by atoms with Gasteiger partial charge in [-0.25, -0.2) is 9.97 Å². The minimum absolute atomic E-state index is 0.00716. The van der Waals surface area contributed by atoms with Gasteiger partial charge < -0.3 is 16.4 Å². The minimum Gasteiger partial charge on any atom is -0.368 e. The molecule has 0 spiro atoms. The average molecular weight is 223 g/mol. The van der Waals surface area contributed by atoms with Gasteiger partial charge in [0.05, 0.1) is 0 Å². The third-order valence-electron chi connectivity index (χ3n) is 1.78. The van der Waals surface area contributed by atoms with E-state index in [1.54, 1.807) is 0 Å². The van der Waals surface area contributed by atoms with Crippen LogP contribution >= 0.6 is 0 Å². The molecule has 5 nitrogen and oxygen atoms in total. The number of nitrogens with one attached hydrogen (secondary N) is 2. The SMILES string of the molecule is CC(N)CNc1cc(NC(C)(C)C)ncn1. The van der Waals surface area contributed by atoms with Crippen LogP contribution in [-0.4, -0.2) is 28.1 Å². The highest BCUT2D eigenvalue weighted by Crippen LogP contribution is 2.13. The third kappa shape index (κ3) is 4.93. The Morgan fingerprint density at radius 2 is 1.94 bits per heavy atom. The Morgan fingerprint density at radius 3 is 2.50 bits per heavy atom. The summed E-state index contributed by atoms with van der Waals surface area (Å²) in [5.41, 5.74) is 5.65. The molecule has 0 radical (unpaired) electrons. The van der Waals surface area contributed by atoms with Crippen LogP contribution in [0.15, 0.2) is 12.4 Å². The number of nitrogens with two attached hydrogens (primary N) is 1. The zero-order valence-electron chi connectivity index (χ0n) is 10.4. The van der Waals surface area contributed by atoms with Crippen molar-refractivity contribution in [3.8, 4) is 0 Å². The highest BCUT2D eigenvalue weighted by molar-refractivity contribution is 5.47. The van der Waals surface area contributed by atoms with E-state index in [9.17, 15) is 0 Å². The van der Waals surface area contributed by atoms with Gasteiger partial charge in [-0.15, -0.1) is 0 Å². The van der Waals surface area contributed by atoms with E-state index in [0.29, 0.717) is 6.54 Å². The van der Waals surface area contributed by atoms with Crippen LogP contribution in [0.3, 0.4) is 0 Å². The Balaban J connectivity index is 2.64. The molecule has 4 N–H and O–H groups in total. The normalized spacial score (nSPS) is 13.3. The zero-order chi connectivity index (χ0) is 12.2. The van der Waals surface area contributed by atoms with Crippen molar-refractivity contribution in [2.75, 3.05) is 17.2 Å². The van der Waals surface area contributed by atoms with Gasteiger partial charge in [0, 0.05) is 24.2 Å². The molecule has 1 unspecified atom stereocenters. The molecule has 0 saturated carbocycles. The Hall–Kier alpha value is -1.36. The topological polar surface area (TPSA) is 75.9 Å². The van der Waals surface area contributed by atoms with Crippen LogP contribution in [0.1, 0.15) is 27.7 Å². The van der Waals surface area contributed by atoms with Crippen molar-refractivity contribution in [2.24, 2.45) is 5.73 Å². The first kappa shape index (κ1) is 12.7. The predicted molar refractivity (Wildman–Crippen MR) is 67.5 cm³/mol. The van der Waals surface area contributed by atoms with Crippen LogP contribution < -0.4 is 16.4 Å². The molecule has 16 heavy (non-hydrogen) atoms. The average Bonchev–Trinajstić information content (AvgIpc) is 2.12. The van der Waals surface area contributed by atoms with Gasteiger partial charge in [-0.3, -0.25) is 0 Å². The molecular weight excluding hydrogens is 202 g/mol. The van der Waals surface area contributed by atoms with E-state index < -0.39 is 0 Å². The van der Waals surface area contributed by atoms with Gasteiger partial charge in [-0.2, -0.15) is 0 Å². The lowest BCUT2D eigenvalue weighted by molar-refractivity contribution is 0.630. The van der Waals surface area contributed by atoms with Crippen molar-refractivity contribution < 1.29 is 0 Å². The molecule has 0 bridgehead atoms. The first-order chi connectivity index (χ1) is 7.37. The van der Waals surface area contributed by atoms with Crippen LogP contribution in [0.4, 0.5) is 11.6 Å². The molecule has 0 aliphatic heterocycles. The molecule has 1 atom stereocenters. The van der Waals surface area contributed by atoms with E-state index in [-0.39, 0.29) is 11.6 Å². The van der Waals surface area contributed by atoms with E-state index in [2.05, 4.69) is 41.4 Å². The standard InChI is InChI=1S/C11H21N5/c1-8(12)6-13-9-5-10(15-7-14-9)16-11(2,3)4/h5,7-8H,6,12H2,1-4H3,(H2,13,14,15,16). The van der Waals surface area contributed by atoms with Crippen molar-refractivity contribution in [1.29, 1.82) is 0 Å². The highest BCUT2D eigenvalue weighted by Gasteiger charge is 2.10. The fourth-order valence-corrected chi connectivity index (χ4v) is 1.17. The van der Waals surface area contributed by atoms with Crippen molar-refractivity contribution in [3.05, 3.63) is 12.4 Å². The van der Waals surface area contributed by atoms with Gasteiger partial charge in [0.25, 0.3) is 0 Å². The van der Waals surface area contributed by atoms with Gasteiger partial charge >= 0.3 is 0 Å². The van der Waals surface area contributed by atoms with Crippen LogP contribution in [0, 0.1) is 0 Å². The van der Waals surface area contributed by atoms with Crippen LogP contribution in [0.5, 0.6) is 0 Å². The number of hydrogen-bond donors (Lipinski definition) is 3. The monoisotopic (exact) mass is 223 g/mol. The summed E-state index contributed by atoms with van der Waals surface area (Å²) in [4.78, 5) is 8.28. The molecule has 1 aromatic heterocycles. The molecule has 90 valence electrons. The van der Waals surface area contributed by atoms with Gasteiger partial charge in [-0.05, 0) is 27.7 Å². The molecule has 1 aromatic rings. The summed E-state index contributed by atoms with van der Waals surface area (Å²) in [7, 11) is 0. The zero-order valence-corrected chi connectivity index (χ0v) is 10.4. The second-order valence-corrected chi connectivity index (χ2v) is 5.02. The van der Waals surface area contributed by atoms with Gasteiger partial charge in [-0.1, -0.05) is 0 Å². The molecule has 0 aromatic carbocycles. The Morgan fingerprint density at radius 1 is 1.31 bits per heavy atom. The summed E-state index contributed by atoms with van der Waals surface area (Å²) in [5.74, 6) is 1.61. The predicted octanol–water partition coefficient (Wildman–Crippen LogP) is 1.45. The van der Waals surface area contributed by atoms with Crippen LogP contribution in [0.2, 0.25) is 0 Å². The summed E-state index contributed by atoms with van der Waals surface area (Å²) in [6.45, 7) is 8.91. The molecule has 1 heterocycles. The Kier molecular flexibility index (Phi) is 4.06. The van der Waals surface area contributed by atoms with Crippen molar-refractivity contribution in [3.63, 3.8) is 0 Å². The smallest absolute Gasteiger partial charge is 0.131 e. The van der Waals surface area contributed by atoms with Gasteiger partial charge in [0.15, 0.2) is 0 Å². The number of aromatic nitrogens is 2. The second kappa shape index (κ2) is 5.12. The highest BCUT2D eigenvalue weighted by atomic mass is 15.1. The molecule has 0 aliphatic rings. The van der Waals surface area contributed by atoms with Crippen molar-refractivity contribution in [1.82, 2.24) is 9.97 Å². The first-order valence-corrected chi connectivity index (χ1v) is 5.46. The van der Waals surface area contributed by atoms with E-state index >= 15 is 0 Å². The quantitative estimate of drug-likeness (QED) is 0.720. The first-order valence-electron chi connectivity index (χ1n) is 5.46. The van der Waals surface area contributed by atoms with E-state index in [1.807, 2.05) is 13.0 Å². The molecule has 0 aliphatic carbocycles. The molecule has 5 heteroatoms. The lowest BCUT2D eigenvalue weighted by Crippen LogP contribution is -2.27. The summed E-state index contributed by atoms with van der Waals surface area (Å²) in [6, 6.07) is 1.99. The van der Waals surface area contributed by atoms with Gasteiger partial charge in [0.2, 0.25) is 0 Å². The molecule has 0 saturated heterocycles. The Labute approximate surface area is 96.9 Å². The molecular formula is C11H21N5. The molecule has 0 amide bonds. The van der Waals surface area contributed by atoms with Gasteiger partial charge in [0.1, 0.15) is 18.0 Å². The number of nitrogens with zero attached hydrogens (tertiary/aromatic N) is 2. The fourth-order valence-electron chi connectivity index (χ4n) is 1.17. The summed E-state index contributed by atoms with van der Waals surface area (Å²) >= 11 is 0. The van der Waals surface area contributed by atoms with E-state index in [4.69, 9.17) is 5.73 Å². The maximum atomic E-state index is 5.66. The summed E-state index contributed by atoms with van der Waals surface area (Å²) in [6.07, 6.45) is 1.54. The fraction of sp³-hybridized carbons (Fsp3) is 0.636. The second-order valence-electron chi connectivity index (χ2n) is 5.02. The lowest BCUT2D eigenvalue weighted by Gasteiger charge is -2.21.